The van der Waals surface area contributed by atoms with E-state index in [4.69, 9.17) is 9.97 Å². The molecule has 5 nitrogen and oxygen atoms in total. The van der Waals surface area contributed by atoms with Crippen LogP contribution in [0.15, 0.2) is 140 Å². The lowest BCUT2D eigenvalue weighted by molar-refractivity contribution is 1.08. The van der Waals surface area contributed by atoms with Gasteiger partial charge in [-0.25, -0.2) is 9.97 Å². The van der Waals surface area contributed by atoms with E-state index in [1.165, 1.54) is 48.9 Å². The fourth-order valence-corrected chi connectivity index (χ4v) is 8.07. The van der Waals surface area contributed by atoms with E-state index < -0.39 is 0 Å². The average molecular weight is 610 g/mol. The molecule has 11 rings (SSSR count). The molecule has 4 heterocycles. The van der Waals surface area contributed by atoms with Crippen molar-refractivity contribution in [2.45, 2.75) is 0 Å². The van der Waals surface area contributed by atoms with Gasteiger partial charge in [-0.3, -0.25) is 4.57 Å². The molecule has 0 spiro atoms. The van der Waals surface area contributed by atoms with Crippen molar-refractivity contribution in [1.82, 2.24) is 18.9 Å². The van der Waals surface area contributed by atoms with Crippen molar-refractivity contribution >= 4 is 81.7 Å². The van der Waals surface area contributed by atoms with Crippen LogP contribution in [0.25, 0.3) is 98.8 Å². The summed E-state index contributed by atoms with van der Waals surface area (Å²) in [5.41, 5.74) is 9.60. The molecular weight excluding hydrogens is 587 g/mol. The zero-order valence-corrected chi connectivity index (χ0v) is 25.5. The fraction of sp³-hybridized carbons (Fsp3) is 0. The van der Waals surface area contributed by atoms with E-state index in [9.17, 15) is 5.26 Å². The molecule has 0 aliphatic carbocycles. The van der Waals surface area contributed by atoms with E-state index in [1.54, 1.807) is 0 Å². The summed E-state index contributed by atoms with van der Waals surface area (Å²) in [6, 6.07) is 51.0. The Balaban J connectivity index is 1.44. The van der Waals surface area contributed by atoms with E-state index in [-0.39, 0.29) is 0 Å². The SMILES string of the molecule is N#Cc1cccc(-c2nc3ccccc3nc2-n2c3cc4c5ccccc5n5c6ccccc6c(c3c3ccc6ccccc6c32)c45)c1. The van der Waals surface area contributed by atoms with Gasteiger partial charge in [0.2, 0.25) is 0 Å². The monoisotopic (exact) mass is 609 g/mol. The Morgan fingerprint density at radius 1 is 0.500 bits per heavy atom. The molecular formula is C43H23N5. The van der Waals surface area contributed by atoms with E-state index in [0.29, 0.717) is 5.56 Å². The number of hydrogen-bond acceptors (Lipinski definition) is 3. The summed E-state index contributed by atoms with van der Waals surface area (Å²) in [5.74, 6) is 0.738. The third-order valence-corrected chi connectivity index (χ3v) is 10.0. The molecule has 4 aromatic heterocycles. The first kappa shape index (κ1) is 25.4. The van der Waals surface area contributed by atoms with Crippen LogP contribution in [0.5, 0.6) is 0 Å². The Morgan fingerprint density at radius 3 is 2.04 bits per heavy atom. The Hall–Kier alpha value is -6.77. The number of nitrogens with zero attached hydrogens (tertiary/aromatic N) is 5. The lowest BCUT2D eigenvalue weighted by Gasteiger charge is -2.15. The summed E-state index contributed by atoms with van der Waals surface area (Å²) < 4.78 is 4.78. The quantitative estimate of drug-likeness (QED) is 0.196. The molecule has 0 atom stereocenters. The first-order chi connectivity index (χ1) is 23.8. The van der Waals surface area contributed by atoms with E-state index in [0.717, 1.165) is 49.9 Å². The largest absolute Gasteiger partial charge is 0.308 e. The molecule has 0 fully saturated rings. The number of aromatic nitrogens is 4. The van der Waals surface area contributed by atoms with Crippen molar-refractivity contribution in [2.24, 2.45) is 0 Å². The molecule has 0 N–H and O–H groups in total. The standard InChI is InChI=1S/C43H23N5/c44-24-25-10-9-12-27(22-25)40-43(46-34-17-6-5-16-33(34)45-40)48-37-23-32-29-14-3-7-18-35(29)47-36-19-8-4-15-30(36)39(42(32)47)38(37)31-21-20-26-11-1-2-13-28(26)41(31)48/h1-23H. The Kier molecular flexibility index (Phi) is 4.85. The molecule has 220 valence electrons. The third-order valence-electron chi connectivity index (χ3n) is 10.0. The second kappa shape index (κ2) is 9.16. The summed E-state index contributed by atoms with van der Waals surface area (Å²) in [4.78, 5) is 10.7. The summed E-state index contributed by atoms with van der Waals surface area (Å²) in [6.45, 7) is 0. The van der Waals surface area contributed by atoms with Crippen molar-refractivity contribution in [3.63, 3.8) is 0 Å². The van der Waals surface area contributed by atoms with Gasteiger partial charge in [-0.2, -0.15) is 5.26 Å². The zero-order chi connectivity index (χ0) is 31.5. The number of para-hydroxylation sites is 4. The zero-order valence-electron chi connectivity index (χ0n) is 25.5. The molecule has 0 bridgehead atoms. The highest BCUT2D eigenvalue weighted by molar-refractivity contribution is 6.37. The first-order valence-electron chi connectivity index (χ1n) is 16.1. The highest BCUT2D eigenvalue weighted by Crippen LogP contribution is 2.48. The van der Waals surface area contributed by atoms with Crippen LogP contribution in [0.2, 0.25) is 0 Å². The predicted molar refractivity (Wildman–Crippen MR) is 196 cm³/mol. The van der Waals surface area contributed by atoms with Crippen LogP contribution in [-0.2, 0) is 0 Å². The Labute approximate surface area is 273 Å². The molecule has 7 aromatic carbocycles. The smallest absolute Gasteiger partial charge is 0.165 e. The minimum Gasteiger partial charge on any atom is -0.308 e. The van der Waals surface area contributed by atoms with Gasteiger partial charge in [0.1, 0.15) is 5.69 Å². The molecule has 5 heteroatoms. The van der Waals surface area contributed by atoms with Crippen LogP contribution in [0.4, 0.5) is 0 Å². The number of nitriles is 1. The summed E-state index contributed by atoms with van der Waals surface area (Å²) >= 11 is 0. The summed E-state index contributed by atoms with van der Waals surface area (Å²) in [5, 5.41) is 19.4. The number of hydrogen-bond donors (Lipinski definition) is 0. The minimum absolute atomic E-state index is 0.584. The molecule has 0 radical (unpaired) electrons. The van der Waals surface area contributed by atoms with Crippen LogP contribution < -0.4 is 0 Å². The van der Waals surface area contributed by atoms with Crippen LogP contribution in [0, 0.1) is 11.3 Å². The molecule has 0 aliphatic rings. The summed E-state index contributed by atoms with van der Waals surface area (Å²) in [7, 11) is 0. The van der Waals surface area contributed by atoms with Gasteiger partial charge in [0.15, 0.2) is 5.82 Å². The molecule has 0 aliphatic heterocycles. The van der Waals surface area contributed by atoms with Gasteiger partial charge in [-0.05, 0) is 47.9 Å². The van der Waals surface area contributed by atoms with Crippen molar-refractivity contribution in [2.75, 3.05) is 0 Å². The van der Waals surface area contributed by atoms with E-state index in [1.807, 2.05) is 48.5 Å². The highest BCUT2D eigenvalue weighted by atomic mass is 15.1. The van der Waals surface area contributed by atoms with Crippen molar-refractivity contribution in [1.29, 1.82) is 5.26 Å². The van der Waals surface area contributed by atoms with Crippen LogP contribution in [0.3, 0.4) is 0 Å². The Morgan fingerprint density at radius 2 is 1.21 bits per heavy atom. The molecule has 0 unspecified atom stereocenters. The number of benzene rings is 7. The first-order valence-corrected chi connectivity index (χ1v) is 16.1. The maximum atomic E-state index is 9.85. The molecule has 0 amide bonds. The van der Waals surface area contributed by atoms with Crippen molar-refractivity contribution in [3.05, 3.63) is 145 Å². The van der Waals surface area contributed by atoms with Gasteiger partial charge < -0.3 is 4.40 Å². The minimum atomic E-state index is 0.584. The molecule has 0 saturated carbocycles. The van der Waals surface area contributed by atoms with Gasteiger partial charge in [-0.15, -0.1) is 0 Å². The fourth-order valence-electron chi connectivity index (χ4n) is 8.07. The number of fused-ring (bicyclic) bond motifs is 13. The Bertz CT molecular complexity index is 3190. The maximum Gasteiger partial charge on any atom is 0.165 e. The molecule has 11 aromatic rings. The van der Waals surface area contributed by atoms with Gasteiger partial charge in [-0.1, -0.05) is 97.1 Å². The predicted octanol–water partition coefficient (Wildman–Crippen LogP) is 10.6. The second-order valence-corrected chi connectivity index (χ2v) is 12.5. The van der Waals surface area contributed by atoms with Crippen LogP contribution in [-0.4, -0.2) is 18.9 Å². The second-order valence-electron chi connectivity index (χ2n) is 12.5. The average Bonchev–Trinajstić information content (AvgIpc) is 3.79. The normalized spacial score (nSPS) is 12.1. The van der Waals surface area contributed by atoms with E-state index >= 15 is 0 Å². The van der Waals surface area contributed by atoms with Gasteiger partial charge in [0, 0.05) is 43.3 Å². The lowest BCUT2D eigenvalue weighted by atomic mass is 10.0. The highest BCUT2D eigenvalue weighted by Gasteiger charge is 2.26. The topological polar surface area (TPSA) is 58.9 Å². The van der Waals surface area contributed by atoms with Gasteiger partial charge in [0.25, 0.3) is 0 Å². The lowest BCUT2D eigenvalue weighted by Crippen LogP contribution is -2.04. The number of rotatable bonds is 2. The van der Waals surface area contributed by atoms with Crippen molar-refractivity contribution < 1.29 is 0 Å². The van der Waals surface area contributed by atoms with E-state index in [2.05, 4.69) is 106 Å². The van der Waals surface area contributed by atoms with Crippen LogP contribution >= 0.6 is 0 Å². The van der Waals surface area contributed by atoms with Crippen LogP contribution in [0.1, 0.15) is 5.56 Å². The summed E-state index contributed by atoms with van der Waals surface area (Å²) in [6.07, 6.45) is 0. The molecule has 0 saturated heterocycles. The van der Waals surface area contributed by atoms with Gasteiger partial charge in [0.05, 0.1) is 50.2 Å². The van der Waals surface area contributed by atoms with Gasteiger partial charge >= 0.3 is 0 Å². The van der Waals surface area contributed by atoms with Crippen molar-refractivity contribution in [3.8, 4) is 23.1 Å². The molecule has 48 heavy (non-hydrogen) atoms. The maximum absolute atomic E-state index is 9.85. The third kappa shape index (κ3) is 3.18.